The van der Waals surface area contributed by atoms with Crippen molar-refractivity contribution >= 4 is 16.8 Å². The Bertz CT molecular complexity index is 1850. The Labute approximate surface area is 225 Å². The first-order valence-corrected chi connectivity index (χ1v) is 12.0. The number of carbonyl (C=O) groups is 1. The average molecular weight is 540 g/mol. The lowest BCUT2D eigenvalue weighted by atomic mass is 9.95. The number of ether oxygens (including phenoxy) is 2. The van der Waals surface area contributed by atoms with Gasteiger partial charge in [-0.3, -0.25) is 9.59 Å². The summed E-state index contributed by atoms with van der Waals surface area (Å²) in [6, 6.07) is 16.8. The van der Waals surface area contributed by atoms with Crippen molar-refractivity contribution in [1.29, 1.82) is 0 Å². The van der Waals surface area contributed by atoms with Gasteiger partial charge in [0.25, 0.3) is 0 Å². The van der Waals surface area contributed by atoms with Gasteiger partial charge in [0.15, 0.2) is 11.5 Å². The van der Waals surface area contributed by atoms with Crippen LogP contribution in [0.5, 0.6) is 46.0 Å². The van der Waals surface area contributed by atoms with Crippen LogP contribution in [0.25, 0.3) is 22.3 Å². The highest BCUT2D eigenvalue weighted by molar-refractivity contribution is 6.02. The molecule has 2 heterocycles. The predicted molar refractivity (Wildman–Crippen MR) is 142 cm³/mol. The van der Waals surface area contributed by atoms with Gasteiger partial charge in [-0.05, 0) is 42.0 Å². The second-order valence-corrected chi connectivity index (χ2v) is 9.22. The van der Waals surface area contributed by atoms with E-state index in [0.717, 1.165) is 12.1 Å². The normalized spacial score (nSPS) is 14.5. The zero-order chi connectivity index (χ0) is 28.1. The van der Waals surface area contributed by atoms with E-state index >= 15 is 0 Å². The summed E-state index contributed by atoms with van der Waals surface area (Å²) in [5.74, 6) is -1.68. The molecule has 4 aromatic carbocycles. The van der Waals surface area contributed by atoms with Crippen molar-refractivity contribution in [2.75, 3.05) is 0 Å². The molecule has 0 bridgehead atoms. The third-order valence-corrected chi connectivity index (χ3v) is 6.50. The Morgan fingerprint density at radius 3 is 2.15 bits per heavy atom. The van der Waals surface area contributed by atoms with Crippen LogP contribution in [-0.4, -0.2) is 31.3 Å². The quantitative estimate of drug-likeness (QED) is 0.197. The van der Waals surface area contributed by atoms with Crippen molar-refractivity contribution in [2.45, 2.75) is 12.5 Å². The van der Waals surface area contributed by atoms with Crippen LogP contribution in [0, 0.1) is 0 Å². The number of hydrogen-bond donors (Lipinski definition) is 5. The second-order valence-electron chi connectivity index (χ2n) is 9.22. The standard InChI is InChI=1S/C30H20O10/c31-16-5-1-15(2-6-16)29-30(28(37)27-21(35)10-18(33)12-25(27)40-29)38-19-7-3-14(4-8-19)23-13-22(36)26-20(34)9-17(32)11-24(26)39-23/h1-12,23,31-35H,13H2/t23-/m0/s1. The van der Waals surface area contributed by atoms with Gasteiger partial charge in [0.05, 0.1) is 6.42 Å². The van der Waals surface area contributed by atoms with Gasteiger partial charge in [-0.25, -0.2) is 0 Å². The fourth-order valence-corrected chi connectivity index (χ4v) is 4.64. The number of ketones is 1. The van der Waals surface area contributed by atoms with Crippen molar-refractivity contribution in [1.82, 2.24) is 0 Å². The van der Waals surface area contributed by atoms with Crippen molar-refractivity contribution in [2.24, 2.45) is 0 Å². The summed E-state index contributed by atoms with van der Waals surface area (Å²) in [5, 5.41) is 49.6. The molecule has 0 fully saturated rings. The van der Waals surface area contributed by atoms with Crippen LogP contribution in [0.3, 0.4) is 0 Å². The molecule has 40 heavy (non-hydrogen) atoms. The minimum atomic E-state index is -0.696. The molecule has 0 saturated heterocycles. The maximum absolute atomic E-state index is 13.5. The molecule has 0 spiro atoms. The summed E-state index contributed by atoms with van der Waals surface area (Å²) in [6.45, 7) is 0. The molecule has 0 radical (unpaired) electrons. The van der Waals surface area contributed by atoms with Crippen molar-refractivity contribution in [3.63, 3.8) is 0 Å². The molecule has 200 valence electrons. The third kappa shape index (κ3) is 4.27. The largest absolute Gasteiger partial charge is 0.508 e. The van der Waals surface area contributed by atoms with E-state index in [2.05, 4.69) is 0 Å². The van der Waals surface area contributed by atoms with E-state index in [9.17, 15) is 35.1 Å². The van der Waals surface area contributed by atoms with Crippen LogP contribution in [-0.2, 0) is 0 Å². The van der Waals surface area contributed by atoms with Gasteiger partial charge >= 0.3 is 0 Å². The van der Waals surface area contributed by atoms with Gasteiger partial charge < -0.3 is 39.4 Å². The second kappa shape index (κ2) is 9.28. The molecule has 0 amide bonds. The van der Waals surface area contributed by atoms with Crippen LogP contribution in [0.2, 0.25) is 0 Å². The molecule has 1 atom stereocenters. The number of Topliss-reactive ketones (excluding diaryl/α,β-unsaturated/α-hetero) is 1. The van der Waals surface area contributed by atoms with Crippen LogP contribution >= 0.6 is 0 Å². The Kier molecular flexibility index (Phi) is 5.73. The molecule has 1 aliphatic heterocycles. The van der Waals surface area contributed by atoms with Gasteiger partial charge in [0, 0.05) is 29.8 Å². The summed E-state index contributed by atoms with van der Waals surface area (Å²) >= 11 is 0. The lowest BCUT2D eigenvalue weighted by molar-refractivity contribution is 0.0845. The molecule has 10 heteroatoms. The molecule has 0 saturated carbocycles. The molecular formula is C30H20O10. The summed E-state index contributed by atoms with van der Waals surface area (Å²) in [4.78, 5) is 26.1. The highest BCUT2D eigenvalue weighted by Crippen LogP contribution is 2.42. The van der Waals surface area contributed by atoms with Gasteiger partial charge in [-0.1, -0.05) is 12.1 Å². The van der Waals surface area contributed by atoms with Crippen molar-refractivity contribution in [3.05, 3.63) is 94.1 Å². The van der Waals surface area contributed by atoms with E-state index in [1.807, 2.05) is 0 Å². The Morgan fingerprint density at radius 2 is 1.43 bits per heavy atom. The SMILES string of the molecule is O=C1C[C@@H](c2ccc(Oc3c(-c4ccc(O)cc4)oc4cc(O)cc(O)c4c3=O)cc2)Oc2cc(O)cc(O)c21. The fourth-order valence-electron chi connectivity index (χ4n) is 4.64. The number of phenols is 5. The van der Waals surface area contributed by atoms with Gasteiger partial charge in [0.1, 0.15) is 62.9 Å². The van der Waals surface area contributed by atoms with E-state index in [1.165, 1.54) is 36.4 Å². The van der Waals surface area contributed by atoms with Gasteiger partial charge in [-0.2, -0.15) is 0 Å². The highest BCUT2D eigenvalue weighted by atomic mass is 16.5. The predicted octanol–water partition coefficient (Wildman–Crippen LogP) is 5.49. The lowest BCUT2D eigenvalue weighted by Gasteiger charge is -2.26. The summed E-state index contributed by atoms with van der Waals surface area (Å²) in [6.07, 6.45) is -0.741. The zero-order valence-electron chi connectivity index (χ0n) is 20.5. The number of aromatic hydroxyl groups is 5. The summed E-state index contributed by atoms with van der Waals surface area (Å²) in [5.41, 5.74) is 0.251. The first kappa shape index (κ1) is 24.7. The van der Waals surface area contributed by atoms with E-state index < -0.39 is 17.3 Å². The van der Waals surface area contributed by atoms with Crippen LogP contribution < -0.4 is 14.9 Å². The monoisotopic (exact) mass is 540 g/mol. The highest BCUT2D eigenvalue weighted by Gasteiger charge is 2.31. The minimum absolute atomic E-state index is 0.00306. The molecule has 5 aromatic rings. The van der Waals surface area contributed by atoms with Gasteiger partial charge in [-0.15, -0.1) is 0 Å². The lowest BCUT2D eigenvalue weighted by Crippen LogP contribution is -2.20. The average Bonchev–Trinajstić information content (AvgIpc) is 2.90. The van der Waals surface area contributed by atoms with Gasteiger partial charge in [0.2, 0.25) is 11.2 Å². The molecule has 1 aromatic heterocycles. The molecule has 0 unspecified atom stereocenters. The third-order valence-electron chi connectivity index (χ3n) is 6.50. The first-order valence-electron chi connectivity index (χ1n) is 12.0. The van der Waals surface area contributed by atoms with E-state index in [1.54, 1.807) is 24.3 Å². The fraction of sp³-hybridized carbons (Fsp3) is 0.0667. The number of hydrogen-bond acceptors (Lipinski definition) is 10. The van der Waals surface area contributed by atoms with Crippen molar-refractivity contribution < 1.29 is 44.2 Å². The smallest absolute Gasteiger partial charge is 0.239 e. The number of benzene rings is 4. The molecular weight excluding hydrogens is 520 g/mol. The Balaban J connectivity index is 1.37. The maximum atomic E-state index is 13.5. The van der Waals surface area contributed by atoms with Crippen LogP contribution in [0.4, 0.5) is 0 Å². The molecule has 10 nitrogen and oxygen atoms in total. The minimum Gasteiger partial charge on any atom is -0.508 e. The number of phenolic OH excluding ortho intramolecular Hbond substituents is 5. The van der Waals surface area contributed by atoms with E-state index in [4.69, 9.17) is 13.9 Å². The van der Waals surface area contributed by atoms with E-state index in [0.29, 0.717) is 11.1 Å². The Morgan fingerprint density at radius 1 is 0.750 bits per heavy atom. The Hall–Kier alpha value is -5.64. The summed E-state index contributed by atoms with van der Waals surface area (Å²) < 4.78 is 17.7. The van der Waals surface area contributed by atoms with Crippen LogP contribution in [0.1, 0.15) is 28.4 Å². The van der Waals surface area contributed by atoms with Crippen LogP contribution in [0.15, 0.2) is 82.0 Å². The molecule has 5 N–H and O–H groups in total. The van der Waals surface area contributed by atoms with E-state index in [-0.39, 0.29) is 74.7 Å². The first-order chi connectivity index (χ1) is 19.2. The maximum Gasteiger partial charge on any atom is 0.239 e. The van der Waals surface area contributed by atoms with Crippen molar-refractivity contribution in [3.8, 4) is 57.3 Å². The molecule has 6 rings (SSSR count). The molecule has 0 aliphatic carbocycles. The number of rotatable bonds is 4. The topological polar surface area (TPSA) is 167 Å². The summed E-state index contributed by atoms with van der Waals surface area (Å²) in [7, 11) is 0. The number of fused-ring (bicyclic) bond motifs is 2. The zero-order valence-corrected chi connectivity index (χ0v) is 20.5. The molecule has 1 aliphatic rings. The number of carbonyl (C=O) groups excluding carboxylic acids is 1.